The zero-order valence-electron chi connectivity index (χ0n) is 16.8. The van der Waals surface area contributed by atoms with Crippen molar-refractivity contribution >= 4 is 5.91 Å². The third-order valence-corrected chi connectivity index (χ3v) is 4.93. The molecule has 0 spiro atoms. The molecule has 1 amide bonds. The number of benzene rings is 2. The van der Waals surface area contributed by atoms with E-state index < -0.39 is 11.5 Å². The van der Waals surface area contributed by atoms with E-state index in [1.807, 2.05) is 6.92 Å². The first-order valence-electron chi connectivity index (χ1n) is 9.48. The Morgan fingerprint density at radius 2 is 1.86 bits per heavy atom. The van der Waals surface area contributed by atoms with E-state index in [2.05, 4.69) is 36.5 Å². The van der Waals surface area contributed by atoms with Gasteiger partial charge < -0.3 is 5.32 Å². The molecule has 2 aromatic carbocycles. The predicted molar refractivity (Wildman–Crippen MR) is 113 cm³/mol. The molecule has 0 saturated heterocycles. The first-order chi connectivity index (χ1) is 13.9. The Kier molecular flexibility index (Phi) is 5.94. The summed E-state index contributed by atoms with van der Waals surface area (Å²) < 4.78 is 1.46. The maximum absolute atomic E-state index is 13.0. The fourth-order valence-corrected chi connectivity index (χ4v) is 3.37. The molecule has 3 rings (SSSR count). The van der Waals surface area contributed by atoms with Gasteiger partial charge in [0.2, 0.25) is 0 Å². The minimum absolute atomic E-state index is 0.0820. The molecule has 3 aromatic rings. The predicted octanol–water partition coefficient (Wildman–Crippen LogP) is 3.61. The van der Waals surface area contributed by atoms with Gasteiger partial charge in [0.1, 0.15) is 5.56 Å². The molecule has 1 heterocycles. The standard InChI is InChI=1S/C24H23N3O2/c1-16-7-9-20(17(2)13-16)11-12-26-23(28)22-10-8-18(3)27(24(22)29)21-6-4-5-19(14-21)15-25/h4-10,13-14H,11-12H2,1-3H3,(H,26,28). The van der Waals surface area contributed by atoms with Crippen LogP contribution in [0.3, 0.4) is 0 Å². The summed E-state index contributed by atoms with van der Waals surface area (Å²) in [6, 6.07) is 18.4. The van der Waals surface area contributed by atoms with Crippen LogP contribution in [0.25, 0.3) is 5.69 Å². The third kappa shape index (κ3) is 4.44. The van der Waals surface area contributed by atoms with Crippen LogP contribution in [0.5, 0.6) is 0 Å². The van der Waals surface area contributed by atoms with Gasteiger partial charge in [-0.3, -0.25) is 14.2 Å². The van der Waals surface area contributed by atoms with Crippen molar-refractivity contribution in [3.05, 3.63) is 98.5 Å². The number of aryl methyl sites for hydroxylation is 3. The van der Waals surface area contributed by atoms with Gasteiger partial charge in [-0.15, -0.1) is 0 Å². The molecule has 146 valence electrons. The minimum Gasteiger partial charge on any atom is -0.352 e. The smallest absolute Gasteiger partial charge is 0.268 e. The van der Waals surface area contributed by atoms with Gasteiger partial charge in [0.05, 0.1) is 17.3 Å². The van der Waals surface area contributed by atoms with Crippen LogP contribution in [0.4, 0.5) is 0 Å². The van der Waals surface area contributed by atoms with E-state index in [4.69, 9.17) is 5.26 Å². The van der Waals surface area contributed by atoms with Crippen LogP contribution in [-0.2, 0) is 6.42 Å². The number of amides is 1. The maximum atomic E-state index is 13.0. The van der Waals surface area contributed by atoms with E-state index >= 15 is 0 Å². The van der Waals surface area contributed by atoms with Gasteiger partial charge in [-0.1, -0.05) is 29.8 Å². The fourth-order valence-electron chi connectivity index (χ4n) is 3.37. The first-order valence-corrected chi connectivity index (χ1v) is 9.48. The highest BCUT2D eigenvalue weighted by Crippen LogP contribution is 2.12. The Labute approximate surface area is 170 Å². The number of rotatable bonds is 5. The summed E-state index contributed by atoms with van der Waals surface area (Å²) in [6.45, 7) is 6.34. The third-order valence-electron chi connectivity index (χ3n) is 4.93. The van der Waals surface area contributed by atoms with Gasteiger partial charge >= 0.3 is 0 Å². The van der Waals surface area contributed by atoms with Crippen LogP contribution in [-0.4, -0.2) is 17.0 Å². The lowest BCUT2D eigenvalue weighted by molar-refractivity contribution is 0.0952. The molecule has 1 aromatic heterocycles. The van der Waals surface area contributed by atoms with Crippen molar-refractivity contribution in [2.24, 2.45) is 0 Å². The quantitative estimate of drug-likeness (QED) is 0.729. The van der Waals surface area contributed by atoms with Crippen molar-refractivity contribution in [1.29, 1.82) is 5.26 Å². The highest BCUT2D eigenvalue weighted by molar-refractivity contribution is 5.93. The largest absolute Gasteiger partial charge is 0.352 e. The summed E-state index contributed by atoms with van der Waals surface area (Å²) in [5, 5.41) is 12.0. The zero-order chi connectivity index (χ0) is 21.0. The van der Waals surface area contributed by atoms with Crippen LogP contribution < -0.4 is 10.9 Å². The molecular formula is C24H23N3O2. The summed E-state index contributed by atoms with van der Waals surface area (Å²) in [5.74, 6) is -0.398. The normalized spacial score (nSPS) is 10.4. The number of aromatic nitrogens is 1. The van der Waals surface area contributed by atoms with Gasteiger partial charge in [0, 0.05) is 12.2 Å². The van der Waals surface area contributed by atoms with Gasteiger partial charge in [0.25, 0.3) is 11.5 Å². The van der Waals surface area contributed by atoms with Gasteiger partial charge in [-0.05, 0) is 68.7 Å². The molecule has 5 nitrogen and oxygen atoms in total. The molecule has 0 bridgehead atoms. The van der Waals surface area contributed by atoms with E-state index in [0.717, 1.165) is 0 Å². The highest BCUT2D eigenvalue weighted by atomic mass is 16.2. The van der Waals surface area contributed by atoms with Crippen molar-refractivity contribution in [1.82, 2.24) is 9.88 Å². The Bertz CT molecular complexity index is 1170. The molecule has 0 aliphatic rings. The number of hydrogen-bond donors (Lipinski definition) is 1. The number of pyridine rings is 1. The summed E-state index contributed by atoms with van der Waals surface area (Å²) in [7, 11) is 0. The van der Waals surface area contributed by atoms with E-state index in [1.54, 1.807) is 43.3 Å². The van der Waals surface area contributed by atoms with Crippen molar-refractivity contribution < 1.29 is 4.79 Å². The van der Waals surface area contributed by atoms with Crippen LogP contribution in [0.1, 0.15) is 38.3 Å². The minimum atomic E-state index is -0.399. The molecule has 0 aliphatic carbocycles. The van der Waals surface area contributed by atoms with E-state index in [-0.39, 0.29) is 5.56 Å². The molecular weight excluding hydrogens is 362 g/mol. The van der Waals surface area contributed by atoms with Crippen molar-refractivity contribution in [3.63, 3.8) is 0 Å². The topological polar surface area (TPSA) is 74.9 Å². The van der Waals surface area contributed by atoms with Crippen molar-refractivity contribution in [2.45, 2.75) is 27.2 Å². The van der Waals surface area contributed by atoms with E-state index in [0.29, 0.717) is 29.9 Å². The Morgan fingerprint density at radius 3 is 2.59 bits per heavy atom. The fraction of sp³-hybridized carbons (Fsp3) is 0.208. The highest BCUT2D eigenvalue weighted by Gasteiger charge is 2.15. The lowest BCUT2D eigenvalue weighted by atomic mass is 10.0. The summed E-state index contributed by atoms with van der Waals surface area (Å²) >= 11 is 0. The van der Waals surface area contributed by atoms with Crippen LogP contribution in [0.15, 0.2) is 59.4 Å². The number of carbonyl (C=O) groups is 1. The Hall–Kier alpha value is -3.65. The molecule has 29 heavy (non-hydrogen) atoms. The molecule has 1 N–H and O–H groups in total. The number of carbonyl (C=O) groups excluding carboxylic acids is 1. The van der Waals surface area contributed by atoms with Crippen LogP contribution in [0, 0.1) is 32.1 Å². The van der Waals surface area contributed by atoms with Gasteiger partial charge in [-0.25, -0.2) is 0 Å². The summed E-state index contributed by atoms with van der Waals surface area (Å²) in [6.07, 6.45) is 0.697. The molecule has 0 atom stereocenters. The molecule has 0 radical (unpaired) electrons. The average Bonchev–Trinajstić information content (AvgIpc) is 2.70. The number of nitriles is 1. The average molecular weight is 385 g/mol. The SMILES string of the molecule is Cc1ccc(CCNC(=O)c2ccc(C)n(-c3cccc(C#N)c3)c2=O)c(C)c1. The van der Waals surface area contributed by atoms with E-state index in [9.17, 15) is 9.59 Å². The summed E-state index contributed by atoms with van der Waals surface area (Å²) in [4.78, 5) is 25.6. The lowest BCUT2D eigenvalue weighted by Gasteiger charge is -2.13. The van der Waals surface area contributed by atoms with Crippen molar-refractivity contribution in [3.8, 4) is 11.8 Å². The molecule has 0 fully saturated rings. The van der Waals surface area contributed by atoms with E-state index in [1.165, 1.54) is 21.3 Å². The van der Waals surface area contributed by atoms with Crippen molar-refractivity contribution in [2.75, 3.05) is 6.54 Å². The second-order valence-corrected chi connectivity index (χ2v) is 7.13. The first kappa shape index (κ1) is 20.1. The second-order valence-electron chi connectivity index (χ2n) is 7.13. The Balaban J connectivity index is 1.81. The summed E-state index contributed by atoms with van der Waals surface area (Å²) in [5.41, 5.74) is 4.96. The molecule has 0 unspecified atom stereocenters. The molecule has 5 heteroatoms. The molecule has 0 saturated carbocycles. The number of nitrogens with one attached hydrogen (secondary N) is 1. The second kappa shape index (κ2) is 8.57. The zero-order valence-corrected chi connectivity index (χ0v) is 16.8. The lowest BCUT2D eigenvalue weighted by Crippen LogP contribution is -2.34. The van der Waals surface area contributed by atoms with Gasteiger partial charge in [-0.2, -0.15) is 5.26 Å². The molecule has 0 aliphatic heterocycles. The monoisotopic (exact) mass is 385 g/mol. The Morgan fingerprint density at radius 1 is 1.07 bits per heavy atom. The van der Waals surface area contributed by atoms with Gasteiger partial charge in [0.15, 0.2) is 0 Å². The number of hydrogen-bond acceptors (Lipinski definition) is 3. The van der Waals surface area contributed by atoms with Crippen LogP contribution >= 0.6 is 0 Å². The van der Waals surface area contributed by atoms with Crippen LogP contribution in [0.2, 0.25) is 0 Å². The number of nitrogens with zero attached hydrogens (tertiary/aromatic N) is 2. The maximum Gasteiger partial charge on any atom is 0.268 e.